The first-order valence-corrected chi connectivity index (χ1v) is 11.5. The molecule has 1 unspecified atom stereocenters. The van der Waals surface area contributed by atoms with Crippen LogP contribution in [0.3, 0.4) is 0 Å². The van der Waals surface area contributed by atoms with E-state index in [1.165, 1.54) is 11.6 Å². The zero-order valence-electron chi connectivity index (χ0n) is 17.6. The van der Waals surface area contributed by atoms with Crippen LogP contribution in [0, 0.1) is 0 Å². The first-order chi connectivity index (χ1) is 16.0. The van der Waals surface area contributed by atoms with Crippen LogP contribution in [0.4, 0.5) is 13.2 Å². The number of para-hydroxylation sites is 1. The van der Waals surface area contributed by atoms with E-state index in [4.69, 9.17) is 0 Å². The lowest BCUT2D eigenvalue weighted by molar-refractivity contribution is -0.136. The summed E-state index contributed by atoms with van der Waals surface area (Å²) in [5, 5.41) is 2.55. The predicted molar refractivity (Wildman–Crippen MR) is 128 cm³/mol. The molecule has 0 saturated carbocycles. The van der Waals surface area contributed by atoms with E-state index in [-0.39, 0.29) is 11.4 Å². The number of pyridine rings is 1. The summed E-state index contributed by atoms with van der Waals surface area (Å²) in [7, 11) is 0. The highest BCUT2D eigenvalue weighted by Crippen LogP contribution is 2.43. The lowest BCUT2D eigenvalue weighted by Gasteiger charge is -2.22. The number of alkyl halides is 3. The zero-order valence-corrected chi connectivity index (χ0v) is 18.4. The number of hydrogen-bond acceptors (Lipinski definition) is 2. The molecule has 0 fully saturated rings. The Morgan fingerprint density at radius 1 is 0.788 bits per heavy atom. The van der Waals surface area contributed by atoms with Crippen LogP contribution in [0.1, 0.15) is 27.5 Å². The van der Waals surface area contributed by atoms with Crippen molar-refractivity contribution in [1.29, 1.82) is 0 Å². The largest absolute Gasteiger partial charge is 0.418 e. The van der Waals surface area contributed by atoms with E-state index >= 15 is 0 Å². The smallest absolute Gasteiger partial charge is 0.255 e. The van der Waals surface area contributed by atoms with Crippen LogP contribution in [-0.4, -0.2) is 4.98 Å². The maximum Gasteiger partial charge on any atom is 0.418 e. The zero-order chi connectivity index (χ0) is 22.8. The second-order valence-electron chi connectivity index (χ2n) is 7.91. The highest BCUT2D eigenvalue weighted by atomic mass is 32.1. The van der Waals surface area contributed by atoms with E-state index in [0.717, 1.165) is 34.1 Å². The standard InChI is InChI=1S/C28H20F3NS/c29-28(30,31)24-14-7-13-21-26(20-11-5-2-6-12-20)23(18-32-27(21)24)22(25-15-8-16-33-25)17-19-9-3-1-4-10-19/h1-16,18,22H,17H2. The van der Waals surface area contributed by atoms with E-state index in [1.807, 2.05) is 60.0 Å². The minimum absolute atomic E-state index is 0.0164. The van der Waals surface area contributed by atoms with Gasteiger partial charge in [-0.25, -0.2) is 0 Å². The van der Waals surface area contributed by atoms with Crippen LogP contribution in [0.5, 0.6) is 0 Å². The average Bonchev–Trinajstić information content (AvgIpc) is 3.37. The average molecular weight is 460 g/mol. The second kappa shape index (κ2) is 8.83. The van der Waals surface area contributed by atoms with Gasteiger partial charge in [0, 0.05) is 22.4 Å². The molecule has 0 aliphatic carbocycles. The van der Waals surface area contributed by atoms with Crippen molar-refractivity contribution in [3.63, 3.8) is 0 Å². The third-order valence-electron chi connectivity index (χ3n) is 5.84. The van der Waals surface area contributed by atoms with E-state index in [9.17, 15) is 13.2 Å². The molecule has 0 N–H and O–H groups in total. The third kappa shape index (κ3) is 4.29. The van der Waals surface area contributed by atoms with E-state index in [2.05, 4.69) is 23.2 Å². The number of nitrogens with zero attached hydrogens (tertiary/aromatic N) is 1. The van der Waals surface area contributed by atoms with Gasteiger partial charge in [-0.05, 0) is 46.2 Å². The molecule has 5 heteroatoms. The minimum Gasteiger partial charge on any atom is -0.255 e. The van der Waals surface area contributed by atoms with Gasteiger partial charge in [0.1, 0.15) is 0 Å². The number of halogens is 3. The Labute approximate surface area is 194 Å². The number of fused-ring (bicyclic) bond motifs is 1. The van der Waals surface area contributed by atoms with Crippen LogP contribution < -0.4 is 0 Å². The van der Waals surface area contributed by atoms with Gasteiger partial charge < -0.3 is 0 Å². The third-order valence-corrected chi connectivity index (χ3v) is 6.83. The van der Waals surface area contributed by atoms with Crippen LogP contribution in [0.15, 0.2) is 103 Å². The highest BCUT2D eigenvalue weighted by molar-refractivity contribution is 7.10. The molecule has 33 heavy (non-hydrogen) atoms. The molecule has 2 heterocycles. The van der Waals surface area contributed by atoms with Crippen molar-refractivity contribution in [2.24, 2.45) is 0 Å². The molecule has 0 radical (unpaired) electrons. The van der Waals surface area contributed by atoms with Gasteiger partial charge in [0.2, 0.25) is 0 Å². The summed E-state index contributed by atoms with van der Waals surface area (Å²) in [5.74, 6) is -0.0333. The van der Waals surface area contributed by atoms with Gasteiger partial charge in [0.15, 0.2) is 0 Å². The molecule has 0 aliphatic rings. The topological polar surface area (TPSA) is 12.9 Å². The molecule has 2 aromatic heterocycles. The van der Waals surface area contributed by atoms with Crippen molar-refractivity contribution in [2.45, 2.75) is 18.5 Å². The van der Waals surface area contributed by atoms with Gasteiger partial charge in [-0.2, -0.15) is 13.2 Å². The Morgan fingerprint density at radius 2 is 1.52 bits per heavy atom. The van der Waals surface area contributed by atoms with Crippen LogP contribution in [0.25, 0.3) is 22.0 Å². The first kappa shape index (κ1) is 21.4. The number of rotatable bonds is 5. The lowest BCUT2D eigenvalue weighted by atomic mass is 9.84. The van der Waals surface area contributed by atoms with Gasteiger partial charge in [-0.1, -0.05) is 78.9 Å². The maximum atomic E-state index is 13.8. The molecule has 3 aromatic carbocycles. The first-order valence-electron chi connectivity index (χ1n) is 10.6. The van der Waals surface area contributed by atoms with E-state index in [0.29, 0.717) is 5.39 Å². The van der Waals surface area contributed by atoms with Gasteiger partial charge >= 0.3 is 6.18 Å². The highest BCUT2D eigenvalue weighted by Gasteiger charge is 2.34. The van der Waals surface area contributed by atoms with Crippen molar-refractivity contribution in [2.75, 3.05) is 0 Å². The molecular formula is C28H20F3NS. The molecule has 0 amide bonds. The Morgan fingerprint density at radius 3 is 2.18 bits per heavy atom. The summed E-state index contributed by atoms with van der Waals surface area (Å²) in [6, 6.07) is 28.2. The van der Waals surface area contributed by atoms with Gasteiger partial charge in [0.05, 0.1) is 11.1 Å². The Bertz CT molecular complexity index is 1360. The fourth-order valence-electron chi connectivity index (χ4n) is 4.36. The van der Waals surface area contributed by atoms with Crippen LogP contribution >= 0.6 is 11.3 Å². The molecule has 5 rings (SSSR count). The predicted octanol–water partition coefficient (Wildman–Crippen LogP) is 8.36. The van der Waals surface area contributed by atoms with Gasteiger partial charge in [-0.15, -0.1) is 11.3 Å². The molecule has 0 bridgehead atoms. The number of benzene rings is 3. The van der Waals surface area contributed by atoms with E-state index < -0.39 is 11.7 Å². The van der Waals surface area contributed by atoms with Gasteiger partial charge in [-0.3, -0.25) is 4.98 Å². The minimum atomic E-state index is -4.47. The number of aromatic nitrogens is 1. The molecular weight excluding hydrogens is 439 g/mol. The van der Waals surface area contributed by atoms with Crippen LogP contribution in [-0.2, 0) is 12.6 Å². The van der Waals surface area contributed by atoms with E-state index in [1.54, 1.807) is 23.6 Å². The van der Waals surface area contributed by atoms with Gasteiger partial charge in [0.25, 0.3) is 0 Å². The Balaban J connectivity index is 1.79. The molecule has 5 aromatic rings. The maximum absolute atomic E-state index is 13.8. The molecule has 1 nitrogen and oxygen atoms in total. The summed E-state index contributed by atoms with van der Waals surface area (Å²) in [6.07, 6.45) is -2.10. The molecule has 0 aliphatic heterocycles. The second-order valence-corrected chi connectivity index (χ2v) is 8.89. The van der Waals surface area contributed by atoms with Crippen molar-refractivity contribution in [3.8, 4) is 11.1 Å². The van der Waals surface area contributed by atoms with Crippen molar-refractivity contribution in [3.05, 3.63) is 124 Å². The van der Waals surface area contributed by atoms with Crippen molar-refractivity contribution < 1.29 is 13.2 Å². The monoisotopic (exact) mass is 459 g/mol. The molecule has 1 atom stereocenters. The lowest BCUT2D eigenvalue weighted by Crippen LogP contribution is -2.10. The summed E-state index contributed by atoms with van der Waals surface area (Å²) >= 11 is 1.65. The fourth-order valence-corrected chi connectivity index (χ4v) is 5.21. The van der Waals surface area contributed by atoms with Crippen molar-refractivity contribution >= 4 is 22.2 Å². The SMILES string of the molecule is FC(F)(F)c1cccc2c(-c3ccccc3)c(C(Cc3ccccc3)c3cccs3)cnc12. The fraction of sp³-hybridized carbons (Fsp3) is 0.107. The van der Waals surface area contributed by atoms with Crippen LogP contribution in [0.2, 0.25) is 0 Å². The number of hydrogen-bond donors (Lipinski definition) is 0. The molecule has 0 spiro atoms. The number of thiophene rings is 1. The summed E-state index contributed by atoms with van der Waals surface area (Å²) in [4.78, 5) is 5.55. The Hall–Kier alpha value is -3.44. The summed E-state index contributed by atoms with van der Waals surface area (Å²) in [6.45, 7) is 0. The summed E-state index contributed by atoms with van der Waals surface area (Å²) in [5.41, 5.74) is 3.06. The van der Waals surface area contributed by atoms with Crippen molar-refractivity contribution in [1.82, 2.24) is 4.98 Å². The quantitative estimate of drug-likeness (QED) is 0.257. The summed E-state index contributed by atoms with van der Waals surface area (Å²) < 4.78 is 41.4. The Kier molecular flexibility index (Phi) is 5.73. The normalized spacial score (nSPS) is 12.7. The molecule has 0 saturated heterocycles. The molecule has 164 valence electrons.